The van der Waals surface area contributed by atoms with Gasteiger partial charge in [-0.2, -0.15) is 5.10 Å². The van der Waals surface area contributed by atoms with E-state index < -0.39 is 0 Å². The third-order valence-corrected chi connectivity index (χ3v) is 5.68. The van der Waals surface area contributed by atoms with Crippen molar-refractivity contribution in [3.8, 4) is 11.3 Å². The number of aromatic nitrogens is 4. The molecule has 0 bridgehead atoms. The summed E-state index contributed by atoms with van der Waals surface area (Å²) in [5, 5.41) is 13.4. The Bertz CT molecular complexity index is 1090. The molecule has 0 saturated carbocycles. The van der Waals surface area contributed by atoms with Crippen molar-refractivity contribution < 1.29 is 4.79 Å². The molecule has 0 saturated heterocycles. The second kappa shape index (κ2) is 6.69. The molecule has 0 aliphatic heterocycles. The topological polar surface area (TPSA) is 86.5 Å². The number of carbonyl (C=O) groups is 1. The second-order valence-corrected chi connectivity index (χ2v) is 7.85. The Morgan fingerprint density at radius 1 is 1.31 bits per heavy atom. The lowest BCUT2D eigenvalue weighted by Crippen LogP contribution is -2.12. The van der Waals surface area contributed by atoms with E-state index in [0.717, 1.165) is 27.9 Å². The van der Waals surface area contributed by atoms with Crippen LogP contribution in [0.4, 0.5) is 5.13 Å². The maximum atomic E-state index is 12.5. The minimum Gasteiger partial charge on any atom is -0.360 e. The molecule has 1 amide bonds. The van der Waals surface area contributed by atoms with Crippen molar-refractivity contribution in [1.29, 1.82) is 0 Å². The average Bonchev–Trinajstić information content (AvgIpc) is 3.32. The molecule has 8 heteroatoms. The minimum atomic E-state index is -0.292. The fourth-order valence-corrected chi connectivity index (χ4v) is 4.29. The number of hydrogen-bond donors (Lipinski definition) is 3. The van der Waals surface area contributed by atoms with Crippen LogP contribution in [0.25, 0.3) is 22.2 Å². The van der Waals surface area contributed by atoms with E-state index in [-0.39, 0.29) is 11.8 Å². The first-order valence-electron chi connectivity index (χ1n) is 8.11. The highest BCUT2D eigenvalue weighted by molar-refractivity contribution is 9.10. The van der Waals surface area contributed by atoms with E-state index in [1.54, 1.807) is 0 Å². The predicted molar refractivity (Wildman–Crippen MR) is 108 cm³/mol. The Morgan fingerprint density at radius 2 is 2.12 bits per heavy atom. The number of benzene rings is 1. The van der Waals surface area contributed by atoms with E-state index in [9.17, 15) is 4.79 Å². The number of amides is 1. The Kier molecular flexibility index (Phi) is 4.37. The van der Waals surface area contributed by atoms with E-state index in [2.05, 4.69) is 41.4 Å². The predicted octanol–water partition coefficient (Wildman–Crippen LogP) is 5.15. The minimum absolute atomic E-state index is 0.242. The van der Waals surface area contributed by atoms with Crippen molar-refractivity contribution in [2.24, 2.45) is 0 Å². The molecular weight excluding hydrogens is 414 g/mol. The number of para-hydroxylation sites is 1. The van der Waals surface area contributed by atoms with Crippen LogP contribution in [0.1, 0.15) is 35.9 Å². The van der Waals surface area contributed by atoms with E-state index in [0.29, 0.717) is 15.3 Å². The molecule has 132 valence electrons. The van der Waals surface area contributed by atoms with Crippen LogP contribution in [0.5, 0.6) is 0 Å². The molecule has 0 aliphatic rings. The van der Waals surface area contributed by atoms with Crippen molar-refractivity contribution in [2.75, 3.05) is 5.32 Å². The molecular formula is C18H16BrN5OS. The maximum absolute atomic E-state index is 12.5. The Balaban J connectivity index is 1.58. The van der Waals surface area contributed by atoms with Crippen LogP contribution in [0.3, 0.4) is 0 Å². The van der Waals surface area contributed by atoms with Gasteiger partial charge < -0.3 is 4.98 Å². The zero-order chi connectivity index (χ0) is 18.3. The van der Waals surface area contributed by atoms with Gasteiger partial charge in [0, 0.05) is 28.0 Å². The summed E-state index contributed by atoms with van der Waals surface area (Å²) in [5.41, 5.74) is 4.13. The van der Waals surface area contributed by atoms with Crippen molar-refractivity contribution in [2.45, 2.75) is 19.8 Å². The highest BCUT2D eigenvalue weighted by Gasteiger charge is 2.20. The van der Waals surface area contributed by atoms with Crippen LogP contribution < -0.4 is 5.32 Å². The Labute approximate surface area is 162 Å². The van der Waals surface area contributed by atoms with Crippen LogP contribution in [-0.4, -0.2) is 26.1 Å². The molecule has 3 N–H and O–H groups in total. The third-order valence-electron chi connectivity index (χ3n) is 4.11. The summed E-state index contributed by atoms with van der Waals surface area (Å²) in [6.45, 7) is 4.07. The molecule has 3 aromatic heterocycles. The number of thiazole rings is 1. The highest BCUT2D eigenvalue weighted by Crippen LogP contribution is 2.31. The first-order chi connectivity index (χ1) is 12.5. The number of aromatic amines is 2. The van der Waals surface area contributed by atoms with Crippen molar-refractivity contribution in [3.05, 3.63) is 51.7 Å². The van der Waals surface area contributed by atoms with E-state index >= 15 is 0 Å². The molecule has 4 aromatic rings. The van der Waals surface area contributed by atoms with Crippen LogP contribution in [0.15, 0.2) is 40.3 Å². The molecule has 0 aliphatic carbocycles. The van der Waals surface area contributed by atoms with Gasteiger partial charge >= 0.3 is 0 Å². The summed E-state index contributed by atoms with van der Waals surface area (Å²) in [5.74, 6) is -0.0494. The molecule has 0 unspecified atom stereocenters. The molecule has 0 spiro atoms. The van der Waals surface area contributed by atoms with Crippen molar-refractivity contribution >= 4 is 49.2 Å². The number of nitrogens with zero attached hydrogens (tertiary/aromatic N) is 2. The van der Waals surface area contributed by atoms with E-state index in [4.69, 9.17) is 0 Å². The summed E-state index contributed by atoms with van der Waals surface area (Å²) in [7, 11) is 0. The van der Waals surface area contributed by atoms with Gasteiger partial charge in [0.15, 0.2) is 10.8 Å². The number of hydrogen-bond acceptors (Lipinski definition) is 4. The summed E-state index contributed by atoms with van der Waals surface area (Å²) in [4.78, 5) is 20.3. The fourth-order valence-electron chi connectivity index (χ4n) is 2.77. The normalized spacial score (nSPS) is 11.4. The number of H-pyrrole nitrogens is 2. The van der Waals surface area contributed by atoms with Gasteiger partial charge in [0.1, 0.15) is 0 Å². The molecule has 1 aromatic carbocycles. The van der Waals surface area contributed by atoms with E-state index in [1.165, 1.54) is 11.3 Å². The standard InChI is InChI=1S/C18H16BrN5OS/c1-9(2)15-14(19)16(24-23-15)17(25)22-18-21-13(8-26-18)11-7-20-12-6-4-3-5-10(11)12/h3-9,20H,1-2H3,(H,23,24)(H,21,22,25). The van der Waals surface area contributed by atoms with Gasteiger partial charge in [-0.05, 0) is 27.9 Å². The van der Waals surface area contributed by atoms with Gasteiger partial charge in [0.2, 0.25) is 0 Å². The van der Waals surface area contributed by atoms with Gasteiger partial charge in [-0.1, -0.05) is 32.0 Å². The molecule has 4 rings (SSSR count). The first-order valence-corrected chi connectivity index (χ1v) is 9.79. The van der Waals surface area contributed by atoms with Crippen LogP contribution in [0, 0.1) is 0 Å². The smallest absolute Gasteiger partial charge is 0.279 e. The van der Waals surface area contributed by atoms with Crippen molar-refractivity contribution in [3.63, 3.8) is 0 Å². The summed E-state index contributed by atoms with van der Waals surface area (Å²) in [6.07, 6.45) is 1.94. The first kappa shape index (κ1) is 17.0. The number of halogens is 1. The Hall–Kier alpha value is -2.45. The monoisotopic (exact) mass is 429 g/mol. The average molecular weight is 430 g/mol. The molecule has 26 heavy (non-hydrogen) atoms. The largest absolute Gasteiger partial charge is 0.360 e. The van der Waals surface area contributed by atoms with Crippen LogP contribution in [0.2, 0.25) is 0 Å². The summed E-state index contributed by atoms with van der Waals surface area (Å²) in [6, 6.07) is 8.06. The number of nitrogens with one attached hydrogen (secondary N) is 3. The molecule has 3 heterocycles. The number of carbonyl (C=O) groups excluding carboxylic acids is 1. The lowest BCUT2D eigenvalue weighted by atomic mass is 10.1. The van der Waals surface area contributed by atoms with Crippen molar-refractivity contribution in [1.82, 2.24) is 20.2 Å². The van der Waals surface area contributed by atoms with E-state index in [1.807, 2.05) is 49.7 Å². The Morgan fingerprint density at radius 3 is 2.88 bits per heavy atom. The highest BCUT2D eigenvalue weighted by atomic mass is 79.9. The van der Waals surface area contributed by atoms with Crippen LogP contribution >= 0.6 is 27.3 Å². The fraction of sp³-hybridized carbons (Fsp3) is 0.167. The van der Waals surface area contributed by atoms with Gasteiger partial charge in [-0.3, -0.25) is 15.2 Å². The quantitative estimate of drug-likeness (QED) is 0.418. The number of rotatable bonds is 4. The summed E-state index contributed by atoms with van der Waals surface area (Å²) < 4.78 is 0.693. The molecule has 0 fully saturated rings. The molecule has 6 nitrogen and oxygen atoms in total. The SMILES string of the molecule is CC(C)c1[nH]nc(C(=O)Nc2nc(-c3c[nH]c4ccccc34)cs2)c1Br. The number of fused-ring (bicyclic) bond motifs is 1. The molecule has 0 atom stereocenters. The lowest BCUT2D eigenvalue weighted by Gasteiger charge is -2.02. The molecule has 0 radical (unpaired) electrons. The zero-order valence-corrected chi connectivity index (χ0v) is 16.5. The van der Waals surface area contributed by atoms with Gasteiger partial charge in [0.25, 0.3) is 5.91 Å². The van der Waals surface area contributed by atoms with Gasteiger partial charge in [-0.25, -0.2) is 4.98 Å². The zero-order valence-electron chi connectivity index (χ0n) is 14.1. The third kappa shape index (κ3) is 2.95. The second-order valence-electron chi connectivity index (χ2n) is 6.19. The summed E-state index contributed by atoms with van der Waals surface area (Å²) >= 11 is 4.84. The number of anilines is 1. The van der Waals surface area contributed by atoms with Gasteiger partial charge in [-0.15, -0.1) is 11.3 Å². The van der Waals surface area contributed by atoms with Gasteiger partial charge in [0.05, 0.1) is 15.9 Å². The lowest BCUT2D eigenvalue weighted by molar-refractivity contribution is 0.102. The maximum Gasteiger partial charge on any atom is 0.279 e. The van der Waals surface area contributed by atoms with Crippen LogP contribution in [-0.2, 0) is 0 Å².